The third-order valence-electron chi connectivity index (χ3n) is 3.12. The van der Waals surface area contributed by atoms with E-state index in [2.05, 4.69) is 0 Å². The Balaban J connectivity index is 2.11. The molecule has 0 fully saturated rings. The first-order chi connectivity index (χ1) is 11.2. The molecule has 1 N–H and O–H groups in total. The number of aromatic nitrogens is 1. The lowest BCUT2D eigenvalue weighted by Crippen LogP contribution is -2.35. The minimum atomic E-state index is -4.21. The van der Waals surface area contributed by atoms with Crippen LogP contribution in [0, 0.1) is 0 Å². The number of thioether (sulfide) groups is 1. The van der Waals surface area contributed by atoms with Crippen molar-refractivity contribution in [2.24, 2.45) is 0 Å². The van der Waals surface area contributed by atoms with Crippen LogP contribution in [0.4, 0.5) is 0 Å². The molecule has 134 valence electrons. The Labute approximate surface area is 149 Å². The molecule has 1 heterocycles. The molecule has 0 aliphatic heterocycles. The number of aryl methyl sites for hydroxylation is 1. The van der Waals surface area contributed by atoms with Crippen molar-refractivity contribution in [1.82, 2.24) is 0 Å². The lowest BCUT2D eigenvalue weighted by atomic mass is 10.3. The number of nitrogens with zero attached hydrogens (tertiary/aromatic N) is 1. The third-order valence-corrected chi connectivity index (χ3v) is 7.24. The molecule has 24 heavy (non-hydrogen) atoms. The maximum atomic E-state index is 10.9. The largest absolute Gasteiger partial charge is 0.748 e. The first kappa shape index (κ1) is 19.6. The summed E-state index contributed by atoms with van der Waals surface area (Å²) in [6.07, 6.45) is 0.530. The molecule has 0 saturated carbocycles. The van der Waals surface area contributed by atoms with Gasteiger partial charge in [0.1, 0.15) is 4.70 Å². The van der Waals surface area contributed by atoms with Crippen molar-refractivity contribution in [1.29, 1.82) is 0 Å². The van der Waals surface area contributed by atoms with Crippen LogP contribution in [-0.4, -0.2) is 43.2 Å². The highest BCUT2D eigenvalue weighted by molar-refractivity contribution is 8.01. The minimum absolute atomic E-state index is 0.260. The Kier molecular flexibility index (Phi) is 6.62. The van der Waals surface area contributed by atoms with Crippen molar-refractivity contribution in [3.05, 3.63) is 24.3 Å². The van der Waals surface area contributed by atoms with E-state index < -0.39 is 26.0 Å². The summed E-state index contributed by atoms with van der Waals surface area (Å²) in [4.78, 5) is 0. The Hall–Kier alpha value is -0.720. The molecule has 0 saturated heterocycles. The topological polar surface area (TPSA) is 115 Å². The molecule has 0 spiro atoms. The Morgan fingerprint density at radius 2 is 1.83 bits per heavy atom. The van der Waals surface area contributed by atoms with Crippen LogP contribution in [0.3, 0.4) is 0 Å². The Morgan fingerprint density at radius 3 is 2.50 bits per heavy atom. The number of benzene rings is 1. The first-order valence-corrected chi connectivity index (χ1v) is 12.1. The van der Waals surface area contributed by atoms with Gasteiger partial charge < -0.3 is 4.55 Å². The molecule has 2 rings (SSSR count). The average molecular weight is 412 g/mol. The lowest BCUT2D eigenvalue weighted by molar-refractivity contribution is -0.701. The summed E-state index contributed by atoms with van der Waals surface area (Å²) in [7, 11) is -8.20. The van der Waals surface area contributed by atoms with Crippen LogP contribution in [0.5, 0.6) is 0 Å². The van der Waals surface area contributed by atoms with Crippen LogP contribution in [0.15, 0.2) is 28.6 Å². The molecule has 7 nitrogen and oxygen atoms in total. The van der Waals surface area contributed by atoms with Gasteiger partial charge in [-0.05, 0) is 24.2 Å². The molecule has 0 atom stereocenters. The Morgan fingerprint density at radius 1 is 1.12 bits per heavy atom. The summed E-state index contributed by atoms with van der Waals surface area (Å²) >= 11 is 2.96. The predicted molar refractivity (Wildman–Crippen MR) is 93.0 cm³/mol. The fourth-order valence-electron chi connectivity index (χ4n) is 2.13. The van der Waals surface area contributed by atoms with Crippen LogP contribution >= 0.6 is 23.1 Å². The summed E-state index contributed by atoms with van der Waals surface area (Å²) in [6, 6.07) is 7.66. The van der Waals surface area contributed by atoms with Crippen molar-refractivity contribution in [2.45, 2.75) is 23.7 Å². The maximum absolute atomic E-state index is 10.9. The van der Waals surface area contributed by atoms with Crippen LogP contribution in [0.2, 0.25) is 0 Å². The van der Waals surface area contributed by atoms with Crippen molar-refractivity contribution < 1.29 is 30.5 Å². The first-order valence-electron chi connectivity index (χ1n) is 7.09. The molecule has 0 aliphatic carbocycles. The molecule has 0 amide bonds. The monoisotopic (exact) mass is 411 g/mol. The predicted octanol–water partition coefficient (Wildman–Crippen LogP) is 1.49. The SMILES string of the molecule is O=S(=O)([O-])CCCSc1sc2ccccc2[n+]1CCCS(=O)(=O)O. The number of thiazole rings is 1. The van der Waals surface area contributed by atoms with E-state index in [4.69, 9.17) is 4.55 Å². The molecule has 0 bridgehead atoms. The minimum Gasteiger partial charge on any atom is -0.748 e. The van der Waals surface area contributed by atoms with Gasteiger partial charge in [-0.25, -0.2) is 8.42 Å². The van der Waals surface area contributed by atoms with Gasteiger partial charge in [-0.15, -0.1) is 0 Å². The van der Waals surface area contributed by atoms with Crippen molar-refractivity contribution >= 4 is 53.6 Å². The number of hydrogen-bond donors (Lipinski definition) is 1. The fraction of sp³-hybridized carbons (Fsp3) is 0.462. The summed E-state index contributed by atoms with van der Waals surface area (Å²) < 4.78 is 66.4. The molecule has 1 aromatic heterocycles. The van der Waals surface area contributed by atoms with Gasteiger partial charge in [0.2, 0.25) is 5.52 Å². The molecular weight excluding hydrogens is 394 g/mol. The van der Waals surface area contributed by atoms with Gasteiger partial charge in [0.25, 0.3) is 14.5 Å². The second-order valence-corrected chi connectivity index (χ2v) is 10.6. The summed E-state index contributed by atoms with van der Waals surface area (Å²) in [5.74, 6) is -0.233. The van der Waals surface area contributed by atoms with Gasteiger partial charge in [-0.3, -0.25) is 4.55 Å². The highest BCUT2D eigenvalue weighted by Gasteiger charge is 2.21. The zero-order valence-corrected chi connectivity index (χ0v) is 15.9. The molecule has 0 unspecified atom stereocenters. The number of para-hydroxylation sites is 1. The molecule has 0 radical (unpaired) electrons. The quantitative estimate of drug-likeness (QED) is 0.288. The van der Waals surface area contributed by atoms with E-state index in [0.717, 1.165) is 14.6 Å². The van der Waals surface area contributed by atoms with Crippen LogP contribution in [0.25, 0.3) is 10.2 Å². The molecular formula is C13H17NO6S4. The van der Waals surface area contributed by atoms with E-state index in [-0.39, 0.29) is 18.6 Å². The van der Waals surface area contributed by atoms with Crippen molar-refractivity contribution in [2.75, 3.05) is 17.3 Å². The van der Waals surface area contributed by atoms with Crippen molar-refractivity contribution in [3.8, 4) is 0 Å². The zero-order valence-electron chi connectivity index (χ0n) is 12.6. The second-order valence-electron chi connectivity index (χ2n) is 5.09. The van der Waals surface area contributed by atoms with Crippen LogP contribution in [0.1, 0.15) is 12.8 Å². The molecule has 11 heteroatoms. The standard InChI is InChI=1S/C13H17NO6S4/c15-23(16,17)9-3-7-14-11-5-1-2-6-12(11)22-13(14)21-8-4-10-24(18,19)20/h1-2,5-6H,3-4,7-10H2,(H-,15,16,17,18,19,20). The summed E-state index contributed by atoms with van der Waals surface area (Å²) in [5, 5.41) is 0. The second kappa shape index (κ2) is 8.11. The van der Waals surface area contributed by atoms with E-state index >= 15 is 0 Å². The number of rotatable bonds is 9. The zero-order chi connectivity index (χ0) is 17.8. The smallest absolute Gasteiger partial charge is 0.298 e. The van der Waals surface area contributed by atoms with Crippen LogP contribution in [-0.2, 0) is 26.8 Å². The highest BCUT2D eigenvalue weighted by atomic mass is 32.2. The van der Waals surface area contributed by atoms with Crippen molar-refractivity contribution in [3.63, 3.8) is 0 Å². The normalized spacial score (nSPS) is 12.8. The number of hydrogen-bond acceptors (Lipinski definition) is 7. The molecule has 2 aromatic rings. The van der Waals surface area contributed by atoms with Crippen LogP contribution < -0.4 is 4.57 Å². The number of fused-ring (bicyclic) bond motifs is 1. The van der Waals surface area contributed by atoms with E-state index in [9.17, 15) is 21.4 Å². The molecule has 1 aromatic carbocycles. The van der Waals surface area contributed by atoms with E-state index in [1.54, 1.807) is 0 Å². The third kappa shape index (κ3) is 6.30. The molecule has 0 aliphatic rings. The van der Waals surface area contributed by atoms with Gasteiger partial charge in [-0.2, -0.15) is 13.0 Å². The van der Waals surface area contributed by atoms with Gasteiger partial charge in [0.05, 0.1) is 15.9 Å². The van der Waals surface area contributed by atoms with Gasteiger partial charge in [-0.1, -0.05) is 23.5 Å². The van der Waals surface area contributed by atoms with Gasteiger partial charge >= 0.3 is 0 Å². The van der Waals surface area contributed by atoms with Gasteiger partial charge in [0.15, 0.2) is 6.54 Å². The van der Waals surface area contributed by atoms with E-state index in [0.29, 0.717) is 12.3 Å². The van der Waals surface area contributed by atoms with E-state index in [1.165, 1.54) is 23.1 Å². The van der Waals surface area contributed by atoms with Gasteiger partial charge in [0, 0.05) is 24.0 Å². The maximum Gasteiger partial charge on any atom is 0.298 e. The summed E-state index contributed by atoms with van der Waals surface area (Å²) in [5.41, 5.74) is 0.955. The highest BCUT2D eigenvalue weighted by Crippen LogP contribution is 2.28. The van der Waals surface area contributed by atoms with E-state index in [1.807, 2.05) is 28.8 Å². The Bertz CT molecular complexity index is 904. The lowest BCUT2D eigenvalue weighted by Gasteiger charge is -2.04. The average Bonchev–Trinajstić information content (AvgIpc) is 2.80. The fourth-order valence-corrected chi connectivity index (χ4v) is 5.79. The summed E-state index contributed by atoms with van der Waals surface area (Å²) in [6.45, 7) is 0.423.